The Labute approximate surface area is 64.1 Å². The van der Waals surface area contributed by atoms with E-state index in [-0.39, 0.29) is 0 Å². The first-order valence-electron chi connectivity index (χ1n) is 2.60. The summed E-state index contributed by atoms with van der Waals surface area (Å²) in [5.41, 5.74) is 0. The van der Waals surface area contributed by atoms with Crippen molar-refractivity contribution in [2.45, 2.75) is 6.92 Å². The van der Waals surface area contributed by atoms with Gasteiger partial charge in [-0.2, -0.15) is 12.8 Å². The van der Waals surface area contributed by atoms with E-state index in [0.717, 1.165) is 12.3 Å². The van der Waals surface area contributed by atoms with Crippen LogP contribution in [-0.2, 0) is 14.8 Å². The van der Waals surface area contributed by atoms with Crippen molar-refractivity contribution in [3.05, 3.63) is 11.5 Å². The van der Waals surface area contributed by atoms with Gasteiger partial charge in [0.15, 0.2) is 0 Å². The number of carboxylic acids is 1. The van der Waals surface area contributed by atoms with E-state index in [1.54, 1.807) is 0 Å². The molecule has 0 unspecified atom stereocenters. The molecular formula is C5H7NO4S. The monoisotopic (exact) mass is 177 g/mol. The molecule has 0 aromatic carbocycles. The van der Waals surface area contributed by atoms with E-state index in [1.807, 2.05) is 0 Å². The van der Waals surface area contributed by atoms with Gasteiger partial charge in [-0.05, 0) is 6.08 Å². The van der Waals surface area contributed by atoms with Crippen molar-refractivity contribution in [2.75, 3.05) is 0 Å². The predicted octanol–water partition coefficient (Wildman–Crippen LogP) is 0.00520. The van der Waals surface area contributed by atoms with Crippen LogP contribution in [0.15, 0.2) is 15.9 Å². The van der Waals surface area contributed by atoms with Gasteiger partial charge in [0.05, 0.1) is 5.41 Å². The fraction of sp³-hybridized carbons (Fsp3) is 0.200. The molecule has 0 saturated heterocycles. The summed E-state index contributed by atoms with van der Waals surface area (Å²) >= 11 is 0. The van der Waals surface area contributed by atoms with Gasteiger partial charge in [0.2, 0.25) is 0 Å². The summed E-state index contributed by atoms with van der Waals surface area (Å²) in [6.07, 6.45) is 2.63. The van der Waals surface area contributed by atoms with Crippen molar-refractivity contribution < 1.29 is 18.3 Å². The lowest BCUT2D eigenvalue weighted by Gasteiger charge is -1.73. The third-order valence-corrected chi connectivity index (χ3v) is 1.46. The molecule has 0 aromatic rings. The lowest BCUT2D eigenvalue weighted by atomic mass is 10.7. The Morgan fingerprint density at radius 1 is 1.55 bits per heavy atom. The van der Waals surface area contributed by atoms with Crippen LogP contribution in [0.25, 0.3) is 0 Å². The number of carboxylic acid groups (broad SMARTS) is 1. The largest absolute Gasteiger partial charge is 0.481 e. The van der Waals surface area contributed by atoms with Gasteiger partial charge in [0.1, 0.15) is 0 Å². The molecule has 0 radical (unpaired) electrons. The zero-order valence-electron chi connectivity index (χ0n) is 5.76. The highest BCUT2D eigenvalue weighted by molar-refractivity contribution is 7.93. The predicted molar refractivity (Wildman–Crippen MR) is 39.9 cm³/mol. The highest BCUT2D eigenvalue weighted by atomic mass is 32.2. The minimum Gasteiger partial charge on any atom is -0.481 e. The molecule has 0 atom stereocenters. The van der Waals surface area contributed by atoms with Crippen LogP contribution in [0.3, 0.4) is 0 Å². The number of sulfonamides is 1. The second-order valence-corrected chi connectivity index (χ2v) is 3.13. The molecule has 1 aliphatic rings. The third kappa shape index (κ3) is 6.72. The molecule has 5 nitrogen and oxygen atoms in total. The number of rotatable bonds is 0. The van der Waals surface area contributed by atoms with E-state index < -0.39 is 16.0 Å². The molecule has 0 saturated carbocycles. The molecule has 6 heteroatoms. The fourth-order valence-corrected chi connectivity index (χ4v) is 0.869. The van der Waals surface area contributed by atoms with E-state index in [2.05, 4.69) is 4.40 Å². The number of hydrogen-bond acceptors (Lipinski definition) is 3. The van der Waals surface area contributed by atoms with Gasteiger partial charge < -0.3 is 5.11 Å². The molecule has 1 heterocycles. The molecule has 0 aromatic heterocycles. The Hall–Kier alpha value is -1.17. The van der Waals surface area contributed by atoms with Crippen molar-refractivity contribution in [3.63, 3.8) is 0 Å². The maximum atomic E-state index is 10.1. The maximum Gasteiger partial charge on any atom is 0.300 e. The van der Waals surface area contributed by atoms with E-state index in [9.17, 15) is 8.42 Å². The molecule has 11 heavy (non-hydrogen) atoms. The summed E-state index contributed by atoms with van der Waals surface area (Å²) in [7, 11) is -3.16. The topological polar surface area (TPSA) is 83.8 Å². The van der Waals surface area contributed by atoms with Crippen molar-refractivity contribution in [3.8, 4) is 0 Å². The molecular weight excluding hydrogens is 170 g/mol. The van der Waals surface area contributed by atoms with Crippen LogP contribution in [0.4, 0.5) is 0 Å². The molecule has 1 aliphatic heterocycles. The molecule has 1 rings (SSSR count). The highest BCUT2D eigenvalue weighted by Crippen LogP contribution is 1.97. The van der Waals surface area contributed by atoms with Crippen LogP contribution in [0, 0.1) is 0 Å². The van der Waals surface area contributed by atoms with E-state index in [0.29, 0.717) is 0 Å². The smallest absolute Gasteiger partial charge is 0.300 e. The van der Waals surface area contributed by atoms with Gasteiger partial charge in [0, 0.05) is 13.1 Å². The number of carbonyl (C=O) groups is 1. The van der Waals surface area contributed by atoms with E-state index in [1.165, 1.54) is 12.3 Å². The summed E-state index contributed by atoms with van der Waals surface area (Å²) < 4.78 is 23.4. The Kier molecular flexibility index (Phi) is 3.46. The highest BCUT2D eigenvalue weighted by Gasteiger charge is 2.01. The number of aliphatic carboxylic acids is 1. The molecule has 0 bridgehead atoms. The minimum atomic E-state index is -3.16. The van der Waals surface area contributed by atoms with Crippen molar-refractivity contribution >= 4 is 22.2 Å². The SMILES string of the molecule is CC(=O)O.O=S1(=O)C=CC=N1. The second-order valence-electron chi connectivity index (χ2n) is 1.62. The summed E-state index contributed by atoms with van der Waals surface area (Å²) in [6.45, 7) is 1.08. The maximum absolute atomic E-state index is 10.1. The van der Waals surface area contributed by atoms with Crippen LogP contribution < -0.4 is 0 Å². The molecule has 1 N–H and O–H groups in total. The van der Waals surface area contributed by atoms with Gasteiger partial charge in [-0.3, -0.25) is 4.79 Å². The van der Waals surface area contributed by atoms with Crippen LogP contribution in [0.2, 0.25) is 0 Å². The Balaban J connectivity index is 0.000000218. The van der Waals surface area contributed by atoms with Crippen LogP contribution in [0.5, 0.6) is 0 Å². The van der Waals surface area contributed by atoms with Crippen LogP contribution in [-0.4, -0.2) is 25.7 Å². The second kappa shape index (κ2) is 3.87. The van der Waals surface area contributed by atoms with Crippen molar-refractivity contribution in [1.82, 2.24) is 0 Å². The Morgan fingerprint density at radius 3 is 2.09 bits per heavy atom. The van der Waals surface area contributed by atoms with Crippen LogP contribution >= 0.6 is 0 Å². The number of nitrogens with zero attached hydrogens (tertiary/aromatic N) is 1. The van der Waals surface area contributed by atoms with E-state index in [4.69, 9.17) is 9.90 Å². The molecule has 62 valence electrons. The van der Waals surface area contributed by atoms with Gasteiger partial charge in [-0.15, -0.1) is 0 Å². The summed E-state index contributed by atoms with van der Waals surface area (Å²) in [5.74, 6) is -0.833. The first kappa shape index (κ1) is 9.83. The summed E-state index contributed by atoms with van der Waals surface area (Å²) in [6, 6.07) is 0. The normalized spacial score (nSPS) is 17.2. The van der Waals surface area contributed by atoms with Gasteiger partial charge in [0.25, 0.3) is 16.0 Å². The average Bonchev–Trinajstić information content (AvgIpc) is 2.11. The standard InChI is InChI=1S/C3H3NO2S.C2H4O2/c5-7(6)3-1-2-4-7;1-2(3)4/h1-3H;1H3,(H,3,4). The zero-order valence-corrected chi connectivity index (χ0v) is 6.58. The van der Waals surface area contributed by atoms with Crippen molar-refractivity contribution in [2.24, 2.45) is 4.40 Å². The molecule has 0 aliphatic carbocycles. The summed E-state index contributed by atoms with van der Waals surface area (Å²) in [4.78, 5) is 9.00. The lowest BCUT2D eigenvalue weighted by Crippen LogP contribution is -1.80. The lowest BCUT2D eigenvalue weighted by molar-refractivity contribution is -0.134. The van der Waals surface area contributed by atoms with Crippen LogP contribution in [0.1, 0.15) is 6.92 Å². The zero-order chi connectivity index (χ0) is 8.91. The Morgan fingerprint density at radius 2 is 2.00 bits per heavy atom. The van der Waals surface area contributed by atoms with Gasteiger partial charge in [-0.25, -0.2) is 0 Å². The first-order chi connectivity index (χ1) is 4.94. The molecule has 0 spiro atoms. The quantitative estimate of drug-likeness (QED) is 0.564. The number of allylic oxidation sites excluding steroid dienone is 1. The first-order valence-corrected chi connectivity index (χ1v) is 4.11. The Bertz CT molecular complexity index is 266. The van der Waals surface area contributed by atoms with Gasteiger partial charge in [-0.1, -0.05) is 0 Å². The third-order valence-electron chi connectivity index (χ3n) is 0.544. The molecule has 0 amide bonds. The molecule has 0 fully saturated rings. The van der Waals surface area contributed by atoms with Gasteiger partial charge >= 0.3 is 0 Å². The summed E-state index contributed by atoms with van der Waals surface area (Å²) in [5, 5.41) is 8.47. The fourth-order valence-electron chi connectivity index (χ4n) is 0.290. The minimum absolute atomic E-state index is 0.833. The van der Waals surface area contributed by atoms with Crippen molar-refractivity contribution in [1.29, 1.82) is 0 Å². The number of hydrogen-bond donors (Lipinski definition) is 1. The average molecular weight is 177 g/mol. The van der Waals surface area contributed by atoms with E-state index >= 15 is 0 Å².